The largest absolute Gasteiger partial charge is 0.530 e. The number of non-ortho nitro benzene ring substituents is 1. The molecule has 218 valence electrons. The molecule has 1 aliphatic heterocycles. The first kappa shape index (κ1) is 31.3. The predicted molar refractivity (Wildman–Crippen MR) is 155 cm³/mol. The smallest absolute Gasteiger partial charge is 0.269 e. The molecule has 1 atom stereocenters. The topological polar surface area (TPSA) is 124 Å². The third kappa shape index (κ3) is 9.45. The van der Waals surface area contributed by atoms with Crippen molar-refractivity contribution in [1.29, 1.82) is 0 Å². The maximum atomic E-state index is 12.2. The number of rotatable bonds is 14. The van der Waals surface area contributed by atoms with Gasteiger partial charge in [-0.05, 0) is 67.8 Å². The standard InChI is InChI=1S/C30H41N3O6S/c1-3-40(38,39)23-18-30(2,27-9-5-4-6-10-27)17-22-31-20-15-25(16-21-31)8-7-19-32(29(34)35)24-26-11-13-28(14-12-26)33(36)37/h4-14,25H,3,15-24H2,1-2H3,(H,34,35)/p-1. The number of carbonyl (C=O) groups is 1. The number of likely N-dealkylation sites (tertiary alicyclic amines) is 1. The van der Waals surface area contributed by atoms with E-state index in [-0.39, 0.29) is 35.7 Å². The van der Waals surface area contributed by atoms with Crippen LogP contribution in [-0.2, 0) is 21.8 Å². The number of benzene rings is 2. The number of piperidine rings is 1. The molecule has 2 aromatic rings. The van der Waals surface area contributed by atoms with Gasteiger partial charge in [0.05, 0.1) is 10.7 Å². The van der Waals surface area contributed by atoms with Crippen molar-refractivity contribution < 1.29 is 23.2 Å². The molecule has 1 unspecified atom stereocenters. The summed E-state index contributed by atoms with van der Waals surface area (Å²) in [6.45, 7) is 6.91. The molecule has 0 bridgehead atoms. The number of carbonyl (C=O) groups excluding carboxylic acids is 1. The van der Waals surface area contributed by atoms with Gasteiger partial charge in [0.25, 0.3) is 5.69 Å². The van der Waals surface area contributed by atoms with Crippen molar-refractivity contribution in [3.63, 3.8) is 0 Å². The Hall–Kier alpha value is -3.24. The van der Waals surface area contributed by atoms with Gasteiger partial charge in [-0.15, -0.1) is 0 Å². The molecule has 0 spiro atoms. The van der Waals surface area contributed by atoms with Gasteiger partial charge in [0.15, 0.2) is 0 Å². The van der Waals surface area contributed by atoms with Crippen LogP contribution in [0.15, 0.2) is 66.7 Å². The van der Waals surface area contributed by atoms with Crippen LogP contribution in [0.25, 0.3) is 0 Å². The van der Waals surface area contributed by atoms with Gasteiger partial charge in [0.1, 0.15) is 15.9 Å². The van der Waals surface area contributed by atoms with Crippen molar-refractivity contribution in [2.24, 2.45) is 5.92 Å². The van der Waals surface area contributed by atoms with Gasteiger partial charge in [0.2, 0.25) is 0 Å². The molecule has 0 aromatic heterocycles. The third-order valence-electron chi connectivity index (χ3n) is 8.00. The molecule has 3 rings (SSSR count). The van der Waals surface area contributed by atoms with Crippen molar-refractivity contribution in [3.8, 4) is 0 Å². The molecule has 0 N–H and O–H groups in total. The fourth-order valence-electron chi connectivity index (χ4n) is 5.08. The predicted octanol–water partition coefficient (Wildman–Crippen LogP) is 4.18. The summed E-state index contributed by atoms with van der Waals surface area (Å²) < 4.78 is 24.5. The molecule has 1 aliphatic rings. The Morgan fingerprint density at radius 3 is 2.33 bits per heavy atom. The zero-order valence-electron chi connectivity index (χ0n) is 23.4. The maximum absolute atomic E-state index is 12.2. The molecule has 1 heterocycles. The minimum absolute atomic E-state index is 0.0379. The van der Waals surface area contributed by atoms with Crippen LogP contribution in [0.2, 0.25) is 0 Å². The van der Waals surface area contributed by atoms with Gasteiger partial charge in [-0.2, -0.15) is 0 Å². The van der Waals surface area contributed by atoms with Crippen LogP contribution in [0, 0.1) is 16.0 Å². The maximum Gasteiger partial charge on any atom is 0.269 e. The molecule has 0 saturated carbocycles. The van der Waals surface area contributed by atoms with E-state index in [0.717, 1.165) is 38.9 Å². The van der Waals surface area contributed by atoms with Crippen molar-refractivity contribution in [2.45, 2.75) is 51.5 Å². The highest BCUT2D eigenvalue weighted by Crippen LogP contribution is 2.33. The van der Waals surface area contributed by atoms with Gasteiger partial charge >= 0.3 is 0 Å². The molecule has 0 radical (unpaired) electrons. The quantitative estimate of drug-likeness (QED) is 0.190. The summed E-state index contributed by atoms with van der Waals surface area (Å²) >= 11 is 0. The second kappa shape index (κ2) is 14.4. The summed E-state index contributed by atoms with van der Waals surface area (Å²) in [5.41, 5.74) is 1.57. The Bertz CT molecular complexity index is 1240. The molecular weight excluding hydrogens is 530 g/mol. The van der Waals surface area contributed by atoms with Crippen LogP contribution < -0.4 is 5.11 Å². The molecule has 9 nitrogen and oxygen atoms in total. The van der Waals surface area contributed by atoms with Crippen LogP contribution in [0.3, 0.4) is 0 Å². The molecule has 2 aromatic carbocycles. The number of carboxylic acid groups (broad SMARTS) is 1. The van der Waals surface area contributed by atoms with Gasteiger partial charge in [-0.3, -0.25) is 10.1 Å². The second-order valence-corrected chi connectivity index (χ2v) is 13.3. The van der Waals surface area contributed by atoms with E-state index in [9.17, 15) is 28.4 Å². The molecule has 10 heteroatoms. The minimum atomic E-state index is -3.04. The van der Waals surface area contributed by atoms with Crippen LogP contribution in [0.1, 0.15) is 50.7 Å². The van der Waals surface area contributed by atoms with E-state index in [1.807, 2.05) is 24.3 Å². The minimum Gasteiger partial charge on any atom is -0.530 e. The SMILES string of the molecule is CCS(=O)(=O)CCC(C)(CCN1CCC(C=CCN(Cc2ccc([N+](=O)[O-])cc2)C(=O)[O-])CC1)c1ccccc1. The molecule has 1 fully saturated rings. The lowest BCUT2D eigenvalue weighted by Crippen LogP contribution is -2.41. The Morgan fingerprint density at radius 1 is 1.10 bits per heavy atom. The molecular formula is C30H40N3O6S-. The normalized spacial score (nSPS) is 16.6. The lowest BCUT2D eigenvalue weighted by Gasteiger charge is -2.36. The first-order chi connectivity index (χ1) is 19.0. The Morgan fingerprint density at radius 2 is 1.75 bits per heavy atom. The lowest BCUT2D eigenvalue weighted by molar-refractivity contribution is -0.384. The van der Waals surface area contributed by atoms with Crippen LogP contribution >= 0.6 is 0 Å². The monoisotopic (exact) mass is 570 g/mol. The highest BCUT2D eigenvalue weighted by molar-refractivity contribution is 7.91. The van der Waals surface area contributed by atoms with Crippen LogP contribution in [-0.4, -0.2) is 66.9 Å². The fraction of sp³-hybridized carbons (Fsp3) is 0.500. The Labute approximate surface area is 237 Å². The van der Waals surface area contributed by atoms with E-state index in [2.05, 4.69) is 30.0 Å². The average Bonchev–Trinajstić information content (AvgIpc) is 2.96. The van der Waals surface area contributed by atoms with E-state index in [1.165, 1.54) is 22.6 Å². The number of hydrogen-bond acceptors (Lipinski definition) is 7. The van der Waals surface area contributed by atoms with Crippen molar-refractivity contribution in [2.75, 3.05) is 37.7 Å². The van der Waals surface area contributed by atoms with E-state index < -0.39 is 20.9 Å². The van der Waals surface area contributed by atoms with Crippen LogP contribution in [0.4, 0.5) is 10.5 Å². The van der Waals surface area contributed by atoms with E-state index in [0.29, 0.717) is 17.9 Å². The second-order valence-electron chi connectivity index (χ2n) is 10.8. The lowest BCUT2D eigenvalue weighted by atomic mass is 9.77. The number of sulfone groups is 1. The Kier molecular flexibility index (Phi) is 11.3. The van der Waals surface area contributed by atoms with Gasteiger partial charge in [0, 0.05) is 31.0 Å². The zero-order valence-corrected chi connectivity index (χ0v) is 24.2. The summed E-state index contributed by atoms with van der Waals surface area (Å²) in [6, 6.07) is 16.0. The number of hydrogen-bond donors (Lipinski definition) is 0. The van der Waals surface area contributed by atoms with E-state index in [1.54, 1.807) is 19.1 Å². The van der Waals surface area contributed by atoms with Gasteiger partial charge in [-0.25, -0.2) is 8.42 Å². The summed E-state index contributed by atoms with van der Waals surface area (Å²) in [7, 11) is -3.04. The average molecular weight is 571 g/mol. The number of nitro groups is 1. The number of allylic oxidation sites excluding steroid dienone is 1. The molecule has 1 saturated heterocycles. The number of amides is 1. The summed E-state index contributed by atoms with van der Waals surface area (Å²) in [5, 5.41) is 22.4. The van der Waals surface area contributed by atoms with Crippen LogP contribution in [0.5, 0.6) is 0 Å². The third-order valence-corrected chi connectivity index (χ3v) is 9.71. The van der Waals surface area contributed by atoms with Crippen molar-refractivity contribution in [1.82, 2.24) is 9.80 Å². The summed E-state index contributed by atoms with van der Waals surface area (Å²) in [6.07, 6.45) is 6.06. The molecule has 40 heavy (non-hydrogen) atoms. The van der Waals surface area contributed by atoms with E-state index >= 15 is 0 Å². The van der Waals surface area contributed by atoms with Gasteiger partial charge in [-0.1, -0.05) is 68.5 Å². The highest BCUT2D eigenvalue weighted by Gasteiger charge is 2.29. The summed E-state index contributed by atoms with van der Waals surface area (Å²) in [5.74, 6) is 0.709. The van der Waals surface area contributed by atoms with Gasteiger partial charge < -0.3 is 19.7 Å². The first-order valence-corrected chi connectivity index (χ1v) is 15.7. The van der Waals surface area contributed by atoms with Crippen molar-refractivity contribution in [3.05, 3.63) is 88.0 Å². The number of nitrogens with zero attached hydrogens (tertiary/aromatic N) is 3. The summed E-state index contributed by atoms with van der Waals surface area (Å²) in [4.78, 5) is 25.6. The Balaban J connectivity index is 1.49. The van der Waals surface area contributed by atoms with Crippen molar-refractivity contribution >= 4 is 21.6 Å². The zero-order chi connectivity index (χ0) is 29.2. The highest BCUT2D eigenvalue weighted by atomic mass is 32.2. The molecule has 0 aliphatic carbocycles. The molecule has 1 amide bonds. The fourth-order valence-corrected chi connectivity index (χ4v) is 6.13. The number of nitro benzene ring substituents is 1. The first-order valence-electron chi connectivity index (χ1n) is 13.9. The van der Waals surface area contributed by atoms with E-state index in [4.69, 9.17) is 0 Å².